The first-order valence-corrected chi connectivity index (χ1v) is 5.98. The lowest BCUT2D eigenvalue weighted by Crippen LogP contribution is -2.40. The summed E-state index contributed by atoms with van der Waals surface area (Å²) in [5, 5.41) is 0. The Labute approximate surface area is 93.0 Å². The lowest BCUT2D eigenvalue weighted by molar-refractivity contribution is -0.464. The van der Waals surface area contributed by atoms with Gasteiger partial charge in [-0.1, -0.05) is 6.42 Å². The smallest absolute Gasteiger partial charge is 0.201 e. The first kappa shape index (κ1) is 12.9. The van der Waals surface area contributed by atoms with Crippen LogP contribution >= 0.6 is 0 Å². The molecule has 0 aromatic rings. The van der Waals surface area contributed by atoms with Crippen LogP contribution in [0.1, 0.15) is 59.8 Å². The molecular weight excluding hydrogens is 192 g/mol. The molecule has 1 saturated carbocycles. The molecule has 0 unspecified atom stereocenters. The van der Waals surface area contributed by atoms with E-state index in [9.17, 15) is 0 Å². The fraction of sp³-hybridized carbons (Fsp3) is 1.00. The van der Waals surface area contributed by atoms with E-state index in [1.807, 2.05) is 27.7 Å². The van der Waals surface area contributed by atoms with Crippen LogP contribution in [0.5, 0.6) is 0 Å². The minimum absolute atomic E-state index is 0.276. The highest BCUT2D eigenvalue weighted by Crippen LogP contribution is 2.34. The van der Waals surface area contributed by atoms with Crippen molar-refractivity contribution >= 4 is 0 Å². The van der Waals surface area contributed by atoms with Crippen LogP contribution in [0.2, 0.25) is 0 Å². The van der Waals surface area contributed by atoms with E-state index in [2.05, 4.69) is 0 Å². The van der Waals surface area contributed by atoms with E-state index < -0.39 is 5.79 Å². The van der Waals surface area contributed by atoms with Gasteiger partial charge in [-0.05, 0) is 40.5 Å². The lowest BCUT2D eigenvalue weighted by atomic mass is 9.94. The standard InChI is InChI=1S/C12H24O3/c1-5-13-12(9-7-6-8-10-12)15-14-11(2,3)4/h5-10H2,1-4H3. The summed E-state index contributed by atoms with van der Waals surface area (Å²) in [5.74, 6) is -0.486. The van der Waals surface area contributed by atoms with E-state index in [0.717, 1.165) is 25.7 Å². The second-order valence-corrected chi connectivity index (χ2v) is 5.18. The summed E-state index contributed by atoms with van der Waals surface area (Å²) in [5.41, 5.74) is -0.276. The van der Waals surface area contributed by atoms with Crippen LogP contribution in [0.4, 0.5) is 0 Å². The fourth-order valence-corrected chi connectivity index (χ4v) is 1.81. The van der Waals surface area contributed by atoms with Gasteiger partial charge in [0.25, 0.3) is 0 Å². The number of rotatable bonds is 4. The van der Waals surface area contributed by atoms with Crippen molar-refractivity contribution in [3.05, 3.63) is 0 Å². The van der Waals surface area contributed by atoms with E-state index in [4.69, 9.17) is 14.5 Å². The molecule has 0 radical (unpaired) electrons. The van der Waals surface area contributed by atoms with Crippen molar-refractivity contribution < 1.29 is 14.5 Å². The third kappa shape index (κ3) is 4.49. The quantitative estimate of drug-likeness (QED) is 0.409. The molecule has 0 N–H and O–H groups in total. The zero-order valence-corrected chi connectivity index (χ0v) is 10.5. The highest BCUT2D eigenvalue weighted by atomic mass is 17.2. The molecular formula is C12H24O3. The van der Waals surface area contributed by atoms with Crippen LogP contribution in [0.3, 0.4) is 0 Å². The van der Waals surface area contributed by atoms with Crippen molar-refractivity contribution in [3.63, 3.8) is 0 Å². The summed E-state index contributed by atoms with van der Waals surface area (Å²) >= 11 is 0. The SMILES string of the molecule is CCOC1(OOC(C)(C)C)CCCCC1. The van der Waals surface area contributed by atoms with Gasteiger partial charge >= 0.3 is 0 Å². The Morgan fingerprint density at radius 3 is 2.13 bits per heavy atom. The third-order valence-corrected chi connectivity index (χ3v) is 2.47. The molecule has 0 bridgehead atoms. The molecule has 3 heteroatoms. The maximum absolute atomic E-state index is 5.72. The predicted molar refractivity (Wildman–Crippen MR) is 59.4 cm³/mol. The number of ether oxygens (including phenoxy) is 1. The van der Waals surface area contributed by atoms with Gasteiger partial charge in [0, 0.05) is 19.4 Å². The normalized spacial score (nSPS) is 21.6. The van der Waals surface area contributed by atoms with Crippen LogP contribution in [-0.2, 0) is 14.5 Å². The van der Waals surface area contributed by atoms with Gasteiger partial charge in [-0.25, -0.2) is 9.78 Å². The molecule has 1 aliphatic carbocycles. The molecule has 1 aliphatic rings. The largest absolute Gasteiger partial charge is 0.348 e. The summed E-state index contributed by atoms with van der Waals surface area (Å²) in [7, 11) is 0. The fourth-order valence-electron chi connectivity index (χ4n) is 1.81. The average molecular weight is 216 g/mol. The second-order valence-electron chi connectivity index (χ2n) is 5.18. The molecule has 0 amide bonds. The molecule has 1 fully saturated rings. The van der Waals surface area contributed by atoms with E-state index >= 15 is 0 Å². The highest BCUT2D eigenvalue weighted by molar-refractivity contribution is 4.74. The molecule has 15 heavy (non-hydrogen) atoms. The van der Waals surface area contributed by atoms with E-state index in [0.29, 0.717) is 6.61 Å². The van der Waals surface area contributed by atoms with Gasteiger partial charge in [-0.2, -0.15) is 0 Å². The van der Waals surface area contributed by atoms with Gasteiger partial charge in [0.2, 0.25) is 5.79 Å². The summed E-state index contributed by atoms with van der Waals surface area (Å²) < 4.78 is 5.72. The van der Waals surface area contributed by atoms with E-state index in [-0.39, 0.29) is 5.60 Å². The van der Waals surface area contributed by atoms with Gasteiger partial charge in [0.1, 0.15) is 0 Å². The Balaban J connectivity index is 2.48. The Morgan fingerprint density at radius 2 is 1.67 bits per heavy atom. The van der Waals surface area contributed by atoms with Crippen molar-refractivity contribution in [2.24, 2.45) is 0 Å². The van der Waals surface area contributed by atoms with Gasteiger partial charge < -0.3 is 4.74 Å². The van der Waals surface area contributed by atoms with Crippen LogP contribution in [0, 0.1) is 0 Å². The third-order valence-electron chi connectivity index (χ3n) is 2.47. The van der Waals surface area contributed by atoms with E-state index in [1.165, 1.54) is 6.42 Å². The Kier molecular flexibility index (Phi) is 4.56. The maximum Gasteiger partial charge on any atom is 0.201 e. The first-order valence-electron chi connectivity index (χ1n) is 5.98. The zero-order chi connectivity index (χ0) is 11.4. The van der Waals surface area contributed by atoms with Crippen molar-refractivity contribution in [1.29, 1.82) is 0 Å². The molecule has 0 heterocycles. The molecule has 0 spiro atoms. The lowest BCUT2D eigenvalue weighted by Gasteiger charge is -2.37. The first-order chi connectivity index (χ1) is 6.97. The molecule has 0 aromatic carbocycles. The van der Waals surface area contributed by atoms with Gasteiger partial charge in [0.05, 0.1) is 5.60 Å². The number of hydrogen-bond acceptors (Lipinski definition) is 3. The van der Waals surface area contributed by atoms with Crippen LogP contribution < -0.4 is 0 Å². The maximum atomic E-state index is 5.72. The molecule has 0 saturated heterocycles. The molecule has 90 valence electrons. The second kappa shape index (κ2) is 5.28. The minimum atomic E-state index is -0.486. The highest BCUT2D eigenvalue weighted by Gasteiger charge is 2.36. The Hall–Kier alpha value is -0.120. The van der Waals surface area contributed by atoms with Crippen LogP contribution in [0.25, 0.3) is 0 Å². The van der Waals surface area contributed by atoms with Gasteiger partial charge in [-0.3, -0.25) is 0 Å². The van der Waals surface area contributed by atoms with Crippen molar-refractivity contribution in [2.45, 2.75) is 71.2 Å². The van der Waals surface area contributed by atoms with Crippen molar-refractivity contribution in [1.82, 2.24) is 0 Å². The zero-order valence-electron chi connectivity index (χ0n) is 10.5. The topological polar surface area (TPSA) is 27.7 Å². The minimum Gasteiger partial charge on any atom is -0.348 e. The number of hydrogen-bond donors (Lipinski definition) is 0. The summed E-state index contributed by atoms with van der Waals surface area (Å²) in [6.45, 7) is 8.62. The predicted octanol–water partition coefficient (Wildman–Crippen LogP) is 3.43. The van der Waals surface area contributed by atoms with Crippen molar-refractivity contribution in [3.8, 4) is 0 Å². The van der Waals surface area contributed by atoms with Gasteiger partial charge in [-0.15, -0.1) is 0 Å². The van der Waals surface area contributed by atoms with Crippen LogP contribution in [0.15, 0.2) is 0 Å². The summed E-state index contributed by atoms with van der Waals surface area (Å²) in [4.78, 5) is 11.0. The molecule has 3 nitrogen and oxygen atoms in total. The Bertz CT molecular complexity index is 172. The molecule has 0 atom stereocenters. The summed E-state index contributed by atoms with van der Waals surface area (Å²) in [6, 6.07) is 0. The average Bonchev–Trinajstić information content (AvgIpc) is 2.16. The Morgan fingerprint density at radius 1 is 1.07 bits per heavy atom. The monoisotopic (exact) mass is 216 g/mol. The van der Waals surface area contributed by atoms with Crippen LogP contribution in [-0.4, -0.2) is 18.0 Å². The molecule has 0 aliphatic heterocycles. The molecule has 0 aromatic heterocycles. The summed E-state index contributed by atoms with van der Waals surface area (Å²) in [6.07, 6.45) is 5.47. The molecule has 1 rings (SSSR count). The van der Waals surface area contributed by atoms with Gasteiger partial charge in [0.15, 0.2) is 0 Å². The van der Waals surface area contributed by atoms with E-state index in [1.54, 1.807) is 0 Å². The van der Waals surface area contributed by atoms with Crippen molar-refractivity contribution in [2.75, 3.05) is 6.61 Å².